The molecular weight excluding hydrogens is 224 g/mol. The highest BCUT2D eigenvalue weighted by Gasteiger charge is 2.19. The van der Waals surface area contributed by atoms with E-state index in [1.165, 1.54) is 0 Å². The van der Waals surface area contributed by atoms with Gasteiger partial charge < -0.3 is 20.4 Å². The van der Waals surface area contributed by atoms with Gasteiger partial charge in [-0.25, -0.2) is 9.59 Å². The summed E-state index contributed by atoms with van der Waals surface area (Å²) in [7, 11) is 1.69. The fourth-order valence-electron chi connectivity index (χ4n) is 1.20. The minimum atomic E-state index is -1.43. The van der Waals surface area contributed by atoms with Gasteiger partial charge in [0.1, 0.15) is 0 Å². The van der Waals surface area contributed by atoms with Crippen LogP contribution < -0.4 is 5.32 Å². The topological polar surface area (TPSA) is 89.9 Å². The standard InChI is InChI=1S/C11H22N2O4/c1-7(2)8(3)13(4)11(17)12-6-5-9(14)10(15)16/h7-9,14H,5-6H2,1-4H3,(H,12,17)(H,15,16)/t8?,9-/m0/s1. The predicted molar refractivity (Wildman–Crippen MR) is 63.7 cm³/mol. The number of carboxylic acid groups (broad SMARTS) is 1. The van der Waals surface area contributed by atoms with E-state index in [9.17, 15) is 9.59 Å². The summed E-state index contributed by atoms with van der Waals surface area (Å²) >= 11 is 0. The second kappa shape index (κ2) is 7.11. The third kappa shape index (κ3) is 5.53. The number of urea groups is 1. The van der Waals surface area contributed by atoms with Gasteiger partial charge in [-0.05, 0) is 12.8 Å². The van der Waals surface area contributed by atoms with Crippen molar-refractivity contribution in [3.63, 3.8) is 0 Å². The summed E-state index contributed by atoms with van der Waals surface area (Å²) in [6, 6.07) is -0.164. The molecule has 0 radical (unpaired) electrons. The van der Waals surface area contributed by atoms with Gasteiger partial charge in [-0.2, -0.15) is 0 Å². The highest BCUT2D eigenvalue weighted by molar-refractivity contribution is 5.74. The number of aliphatic carboxylic acids is 1. The molecule has 0 saturated carbocycles. The molecule has 1 unspecified atom stereocenters. The van der Waals surface area contributed by atoms with Crippen LogP contribution in [0.25, 0.3) is 0 Å². The van der Waals surface area contributed by atoms with Crippen LogP contribution in [0.2, 0.25) is 0 Å². The maximum Gasteiger partial charge on any atom is 0.332 e. The Morgan fingerprint density at radius 2 is 1.82 bits per heavy atom. The highest BCUT2D eigenvalue weighted by atomic mass is 16.4. The summed E-state index contributed by atoms with van der Waals surface area (Å²) in [6.07, 6.45) is -1.42. The molecule has 0 aliphatic heterocycles. The van der Waals surface area contributed by atoms with Gasteiger partial charge >= 0.3 is 12.0 Å². The van der Waals surface area contributed by atoms with Crippen LogP contribution in [-0.4, -0.2) is 52.9 Å². The van der Waals surface area contributed by atoms with Crippen molar-refractivity contribution in [2.24, 2.45) is 5.92 Å². The zero-order valence-electron chi connectivity index (χ0n) is 10.8. The first-order valence-electron chi connectivity index (χ1n) is 5.68. The van der Waals surface area contributed by atoms with Crippen LogP contribution >= 0.6 is 0 Å². The summed E-state index contributed by atoms with van der Waals surface area (Å²) in [5.41, 5.74) is 0. The van der Waals surface area contributed by atoms with Crippen molar-refractivity contribution < 1.29 is 19.8 Å². The lowest BCUT2D eigenvalue weighted by Crippen LogP contribution is -2.45. The maximum absolute atomic E-state index is 11.6. The molecular formula is C11H22N2O4. The Morgan fingerprint density at radius 1 is 1.29 bits per heavy atom. The summed E-state index contributed by atoms with van der Waals surface area (Å²) in [5.74, 6) is -0.932. The minimum Gasteiger partial charge on any atom is -0.479 e. The fourth-order valence-corrected chi connectivity index (χ4v) is 1.20. The summed E-state index contributed by atoms with van der Waals surface area (Å²) < 4.78 is 0. The van der Waals surface area contributed by atoms with Gasteiger partial charge in [-0.15, -0.1) is 0 Å². The molecule has 0 saturated heterocycles. The molecule has 0 bridgehead atoms. The summed E-state index contributed by atoms with van der Waals surface area (Å²) in [6.45, 7) is 6.11. The van der Waals surface area contributed by atoms with Crippen LogP contribution in [0.1, 0.15) is 27.2 Å². The second-order valence-electron chi connectivity index (χ2n) is 4.47. The van der Waals surface area contributed by atoms with Crippen molar-refractivity contribution in [3.8, 4) is 0 Å². The molecule has 0 aliphatic carbocycles. The molecule has 0 aromatic heterocycles. The lowest BCUT2D eigenvalue weighted by Gasteiger charge is -2.28. The van der Waals surface area contributed by atoms with Crippen molar-refractivity contribution in [1.29, 1.82) is 0 Å². The van der Waals surface area contributed by atoms with E-state index < -0.39 is 12.1 Å². The van der Waals surface area contributed by atoms with E-state index in [2.05, 4.69) is 5.32 Å². The molecule has 2 atom stereocenters. The van der Waals surface area contributed by atoms with Crippen molar-refractivity contribution in [1.82, 2.24) is 10.2 Å². The number of hydrogen-bond acceptors (Lipinski definition) is 3. The van der Waals surface area contributed by atoms with Crippen molar-refractivity contribution in [2.45, 2.75) is 39.3 Å². The Bertz CT molecular complexity index is 268. The number of aliphatic hydroxyl groups is 1. The molecule has 2 amide bonds. The lowest BCUT2D eigenvalue weighted by molar-refractivity contribution is -0.146. The van der Waals surface area contributed by atoms with Crippen LogP contribution in [0.5, 0.6) is 0 Å². The molecule has 3 N–H and O–H groups in total. The largest absolute Gasteiger partial charge is 0.479 e. The van der Waals surface area contributed by atoms with Gasteiger partial charge in [0.05, 0.1) is 0 Å². The maximum atomic E-state index is 11.6. The molecule has 0 aromatic carbocycles. The van der Waals surface area contributed by atoms with Gasteiger partial charge in [0.25, 0.3) is 0 Å². The third-order valence-corrected chi connectivity index (χ3v) is 2.88. The van der Waals surface area contributed by atoms with Crippen LogP contribution in [0, 0.1) is 5.92 Å². The molecule has 6 heteroatoms. The molecule has 0 aromatic rings. The smallest absolute Gasteiger partial charge is 0.332 e. The molecule has 100 valence electrons. The molecule has 0 rings (SSSR count). The first-order valence-corrected chi connectivity index (χ1v) is 5.68. The zero-order chi connectivity index (χ0) is 13.6. The second-order valence-corrected chi connectivity index (χ2v) is 4.47. The highest BCUT2D eigenvalue weighted by Crippen LogP contribution is 2.07. The van der Waals surface area contributed by atoms with Crippen LogP contribution in [0.15, 0.2) is 0 Å². The van der Waals surface area contributed by atoms with Crippen molar-refractivity contribution in [3.05, 3.63) is 0 Å². The van der Waals surface area contributed by atoms with E-state index in [0.717, 1.165) is 0 Å². The van der Waals surface area contributed by atoms with E-state index in [1.54, 1.807) is 11.9 Å². The SMILES string of the molecule is CC(C)C(C)N(C)C(=O)NCC[C@H](O)C(=O)O. The number of carboxylic acids is 1. The van der Waals surface area contributed by atoms with E-state index in [1.807, 2.05) is 20.8 Å². The van der Waals surface area contributed by atoms with Crippen LogP contribution in [-0.2, 0) is 4.79 Å². The summed E-state index contributed by atoms with van der Waals surface area (Å²) in [5, 5.41) is 20.0. The van der Waals surface area contributed by atoms with E-state index in [0.29, 0.717) is 5.92 Å². The number of amides is 2. The van der Waals surface area contributed by atoms with Gasteiger partial charge in [0, 0.05) is 26.1 Å². The number of hydrogen-bond donors (Lipinski definition) is 3. The first-order chi connectivity index (χ1) is 7.77. The number of rotatable bonds is 6. The fraction of sp³-hybridized carbons (Fsp3) is 0.818. The van der Waals surface area contributed by atoms with Gasteiger partial charge in [0.2, 0.25) is 0 Å². The number of nitrogens with one attached hydrogen (secondary N) is 1. The molecule has 0 aliphatic rings. The average molecular weight is 246 g/mol. The normalized spacial score (nSPS) is 14.2. The number of carbonyl (C=O) groups is 2. The molecule has 17 heavy (non-hydrogen) atoms. The first kappa shape index (κ1) is 15.7. The van der Waals surface area contributed by atoms with Gasteiger partial charge in [-0.3, -0.25) is 0 Å². The third-order valence-electron chi connectivity index (χ3n) is 2.88. The quantitative estimate of drug-likeness (QED) is 0.637. The summed E-state index contributed by atoms with van der Waals surface area (Å²) in [4.78, 5) is 23.5. The van der Waals surface area contributed by atoms with E-state index in [-0.39, 0.29) is 25.0 Å². The van der Waals surface area contributed by atoms with Crippen LogP contribution in [0.3, 0.4) is 0 Å². The monoisotopic (exact) mass is 246 g/mol. The molecule has 0 heterocycles. The average Bonchev–Trinajstić information content (AvgIpc) is 2.26. The number of aliphatic hydroxyl groups excluding tert-OH is 1. The Kier molecular flexibility index (Phi) is 6.57. The zero-order valence-corrected chi connectivity index (χ0v) is 10.8. The predicted octanol–water partition coefficient (Wildman–Crippen LogP) is 0.508. The molecule has 6 nitrogen and oxygen atoms in total. The minimum absolute atomic E-state index is 0.00493. The van der Waals surface area contributed by atoms with E-state index in [4.69, 9.17) is 10.2 Å². The Morgan fingerprint density at radius 3 is 2.24 bits per heavy atom. The van der Waals surface area contributed by atoms with Gasteiger partial charge in [-0.1, -0.05) is 13.8 Å². The van der Waals surface area contributed by atoms with Crippen molar-refractivity contribution in [2.75, 3.05) is 13.6 Å². The van der Waals surface area contributed by atoms with Crippen molar-refractivity contribution >= 4 is 12.0 Å². The molecule has 0 fully saturated rings. The Labute approximate surface area is 102 Å². The molecule has 0 spiro atoms. The Balaban J connectivity index is 3.98. The van der Waals surface area contributed by atoms with Crippen LogP contribution in [0.4, 0.5) is 4.79 Å². The number of carbonyl (C=O) groups excluding carboxylic acids is 1. The van der Waals surface area contributed by atoms with Gasteiger partial charge in [0.15, 0.2) is 6.10 Å². The lowest BCUT2D eigenvalue weighted by atomic mass is 10.1. The Hall–Kier alpha value is -1.30. The van der Waals surface area contributed by atoms with E-state index >= 15 is 0 Å². The number of nitrogens with zero attached hydrogens (tertiary/aromatic N) is 1.